The van der Waals surface area contributed by atoms with Crippen molar-refractivity contribution in [2.45, 2.75) is 6.92 Å². The third kappa shape index (κ3) is 3.53. The van der Waals surface area contributed by atoms with E-state index in [-0.39, 0.29) is 11.1 Å². The molecule has 0 unspecified atom stereocenters. The van der Waals surface area contributed by atoms with Gasteiger partial charge in [-0.2, -0.15) is 0 Å². The van der Waals surface area contributed by atoms with Crippen LogP contribution in [0.3, 0.4) is 0 Å². The number of ether oxygens (including phenoxy) is 1. The average molecular weight is 294 g/mol. The predicted molar refractivity (Wildman–Crippen MR) is 59.2 cm³/mol. The first kappa shape index (κ1) is 13.1. The second-order valence-electron chi connectivity index (χ2n) is 2.93. The van der Waals surface area contributed by atoms with Gasteiger partial charge in [0.25, 0.3) is 5.91 Å². The van der Waals surface area contributed by atoms with Crippen LogP contribution in [-0.4, -0.2) is 19.1 Å². The Hall–Kier alpha value is -1.01. The van der Waals surface area contributed by atoms with Crippen LogP contribution in [0.4, 0.5) is 14.5 Å². The molecule has 0 saturated heterocycles. The van der Waals surface area contributed by atoms with Crippen molar-refractivity contribution in [3.63, 3.8) is 0 Å². The van der Waals surface area contributed by atoms with Crippen molar-refractivity contribution in [2.24, 2.45) is 0 Å². The quantitative estimate of drug-likeness (QED) is 0.927. The van der Waals surface area contributed by atoms with Gasteiger partial charge in [0.1, 0.15) is 12.3 Å². The molecule has 0 aliphatic carbocycles. The monoisotopic (exact) mass is 293 g/mol. The van der Waals surface area contributed by atoms with Crippen LogP contribution in [0.2, 0.25) is 0 Å². The highest BCUT2D eigenvalue weighted by atomic mass is 79.9. The smallest absolute Gasteiger partial charge is 0.250 e. The molecule has 0 aliphatic rings. The Morgan fingerprint density at radius 1 is 1.44 bits per heavy atom. The van der Waals surface area contributed by atoms with Gasteiger partial charge in [-0.1, -0.05) is 15.9 Å². The summed E-state index contributed by atoms with van der Waals surface area (Å²) in [4.78, 5) is 11.2. The Balaban J connectivity index is 2.77. The molecule has 1 amide bonds. The van der Waals surface area contributed by atoms with Gasteiger partial charge in [0.15, 0.2) is 11.6 Å². The molecule has 0 bridgehead atoms. The zero-order valence-electron chi connectivity index (χ0n) is 8.52. The van der Waals surface area contributed by atoms with Crippen molar-refractivity contribution in [2.75, 3.05) is 18.5 Å². The summed E-state index contributed by atoms with van der Waals surface area (Å²) in [5.74, 6) is -2.27. The molecule has 0 aliphatic heterocycles. The molecule has 0 atom stereocenters. The maximum Gasteiger partial charge on any atom is 0.250 e. The van der Waals surface area contributed by atoms with E-state index in [9.17, 15) is 13.6 Å². The zero-order chi connectivity index (χ0) is 12.1. The minimum Gasteiger partial charge on any atom is -0.372 e. The number of hydrogen-bond acceptors (Lipinski definition) is 2. The molecule has 0 spiro atoms. The Labute approximate surface area is 99.9 Å². The molecule has 0 saturated carbocycles. The van der Waals surface area contributed by atoms with E-state index < -0.39 is 23.2 Å². The van der Waals surface area contributed by atoms with Crippen LogP contribution in [0.25, 0.3) is 0 Å². The summed E-state index contributed by atoms with van der Waals surface area (Å²) in [5.41, 5.74) is -0.465. The second kappa shape index (κ2) is 5.91. The molecule has 1 rings (SSSR count). The molecule has 1 aromatic rings. The molecule has 16 heavy (non-hydrogen) atoms. The summed E-state index contributed by atoms with van der Waals surface area (Å²) in [7, 11) is 0. The fraction of sp³-hybridized carbons (Fsp3) is 0.300. The van der Waals surface area contributed by atoms with Crippen LogP contribution in [0.1, 0.15) is 6.92 Å². The largest absolute Gasteiger partial charge is 0.372 e. The maximum absolute atomic E-state index is 13.3. The van der Waals surface area contributed by atoms with Gasteiger partial charge in [0, 0.05) is 11.1 Å². The third-order valence-corrected chi connectivity index (χ3v) is 2.17. The predicted octanol–water partition coefficient (Wildman–Crippen LogP) is 2.70. The Kier molecular flexibility index (Phi) is 4.82. The fourth-order valence-corrected chi connectivity index (χ4v) is 1.43. The van der Waals surface area contributed by atoms with Crippen LogP contribution in [0.5, 0.6) is 0 Å². The summed E-state index contributed by atoms with van der Waals surface area (Å²) < 4.78 is 31.6. The van der Waals surface area contributed by atoms with Gasteiger partial charge in [-0.05, 0) is 19.1 Å². The van der Waals surface area contributed by atoms with E-state index in [2.05, 4.69) is 21.2 Å². The minimum atomic E-state index is -0.836. The summed E-state index contributed by atoms with van der Waals surface area (Å²) in [6.07, 6.45) is 0. The molecule has 0 radical (unpaired) electrons. The fourth-order valence-electron chi connectivity index (χ4n) is 1.03. The molecule has 0 fully saturated rings. The number of anilines is 1. The minimum absolute atomic E-state index is 0.231. The topological polar surface area (TPSA) is 38.3 Å². The van der Waals surface area contributed by atoms with Gasteiger partial charge in [-0.3, -0.25) is 4.79 Å². The Morgan fingerprint density at radius 2 is 2.00 bits per heavy atom. The molecular weight excluding hydrogens is 284 g/mol. The first-order chi connectivity index (χ1) is 7.54. The van der Waals surface area contributed by atoms with E-state index in [4.69, 9.17) is 4.74 Å². The van der Waals surface area contributed by atoms with Crippen molar-refractivity contribution in [3.8, 4) is 0 Å². The summed E-state index contributed by atoms with van der Waals surface area (Å²) in [6, 6.07) is 2.14. The summed E-state index contributed by atoms with van der Waals surface area (Å²) in [6.45, 7) is 1.85. The van der Waals surface area contributed by atoms with Crippen LogP contribution in [0, 0.1) is 11.6 Å². The lowest BCUT2D eigenvalue weighted by Gasteiger charge is -2.07. The van der Waals surface area contributed by atoms with E-state index in [1.54, 1.807) is 6.92 Å². The van der Waals surface area contributed by atoms with E-state index in [1.807, 2.05) is 0 Å². The SMILES string of the molecule is CCOCC(=O)Nc1c(F)cc(Br)cc1F. The number of benzene rings is 1. The Bertz CT molecular complexity index is 375. The average Bonchev–Trinajstić information content (AvgIpc) is 2.20. The van der Waals surface area contributed by atoms with Crippen molar-refractivity contribution < 1.29 is 18.3 Å². The molecule has 3 nitrogen and oxygen atoms in total. The van der Waals surface area contributed by atoms with E-state index >= 15 is 0 Å². The lowest BCUT2D eigenvalue weighted by molar-refractivity contribution is -0.120. The van der Waals surface area contributed by atoms with Crippen molar-refractivity contribution in [3.05, 3.63) is 28.2 Å². The number of nitrogens with one attached hydrogen (secondary N) is 1. The molecule has 6 heteroatoms. The summed E-state index contributed by atoms with van der Waals surface area (Å²) >= 11 is 2.94. The highest BCUT2D eigenvalue weighted by Gasteiger charge is 2.13. The van der Waals surface area contributed by atoms with Gasteiger partial charge in [0.05, 0.1) is 0 Å². The lowest BCUT2D eigenvalue weighted by atomic mass is 10.3. The second-order valence-corrected chi connectivity index (χ2v) is 3.85. The molecule has 1 N–H and O–H groups in total. The van der Waals surface area contributed by atoms with Crippen molar-refractivity contribution in [1.29, 1.82) is 0 Å². The highest BCUT2D eigenvalue weighted by molar-refractivity contribution is 9.10. The molecule has 0 aromatic heterocycles. The van der Waals surface area contributed by atoms with Gasteiger partial charge in [-0.15, -0.1) is 0 Å². The van der Waals surface area contributed by atoms with Gasteiger partial charge >= 0.3 is 0 Å². The summed E-state index contributed by atoms with van der Waals surface area (Å²) in [5, 5.41) is 2.11. The molecule has 88 valence electrons. The van der Waals surface area contributed by atoms with Gasteiger partial charge in [-0.25, -0.2) is 8.78 Å². The third-order valence-electron chi connectivity index (χ3n) is 1.71. The first-order valence-electron chi connectivity index (χ1n) is 4.56. The van der Waals surface area contributed by atoms with Gasteiger partial charge < -0.3 is 10.1 Å². The molecule has 1 aromatic carbocycles. The zero-order valence-corrected chi connectivity index (χ0v) is 10.1. The van der Waals surface area contributed by atoms with Crippen LogP contribution in [-0.2, 0) is 9.53 Å². The normalized spacial score (nSPS) is 10.2. The van der Waals surface area contributed by atoms with Crippen LogP contribution in [0.15, 0.2) is 16.6 Å². The number of amides is 1. The van der Waals surface area contributed by atoms with E-state index in [0.717, 1.165) is 12.1 Å². The van der Waals surface area contributed by atoms with Crippen LogP contribution < -0.4 is 5.32 Å². The number of hydrogen-bond donors (Lipinski definition) is 1. The number of halogens is 3. The molecular formula is C10H10BrF2NO2. The first-order valence-corrected chi connectivity index (χ1v) is 5.36. The molecule has 0 heterocycles. The number of carbonyl (C=O) groups is 1. The van der Waals surface area contributed by atoms with Gasteiger partial charge in [0.2, 0.25) is 0 Å². The number of carbonyl (C=O) groups excluding carboxylic acids is 1. The number of rotatable bonds is 4. The lowest BCUT2D eigenvalue weighted by Crippen LogP contribution is -2.19. The van der Waals surface area contributed by atoms with Crippen LogP contribution >= 0.6 is 15.9 Å². The van der Waals surface area contributed by atoms with Crippen molar-refractivity contribution >= 4 is 27.5 Å². The standard InChI is InChI=1S/C10H10BrF2NO2/c1-2-16-5-9(15)14-10-7(12)3-6(11)4-8(10)13/h3-4H,2,5H2,1H3,(H,14,15). The highest BCUT2D eigenvalue weighted by Crippen LogP contribution is 2.23. The maximum atomic E-state index is 13.3. The van der Waals surface area contributed by atoms with E-state index in [1.165, 1.54) is 0 Å². The van der Waals surface area contributed by atoms with E-state index in [0.29, 0.717) is 6.61 Å². The van der Waals surface area contributed by atoms with Crippen molar-refractivity contribution in [1.82, 2.24) is 0 Å². The Morgan fingerprint density at radius 3 is 2.50 bits per heavy atom.